The van der Waals surface area contributed by atoms with Gasteiger partial charge < -0.3 is 5.11 Å². The Morgan fingerprint density at radius 2 is 1.88 bits per heavy atom. The minimum absolute atomic E-state index is 0.0475. The van der Waals surface area contributed by atoms with E-state index >= 15 is 0 Å². The quantitative estimate of drug-likeness (QED) is 0.820. The van der Waals surface area contributed by atoms with E-state index in [1.165, 1.54) is 0 Å². The van der Waals surface area contributed by atoms with Crippen molar-refractivity contribution in [2.75, 3.05) is 6.54 Å². The van der Waals surface area contributed by atoms with Crippen molar-refractivity contribution in [3.8, 4) is 0 Å². The van der Waals surface area contributed by atoms with Gasteiger partial charge in [0.2, 0.25) is 0 Å². The Bertz CT molecular complexity index is 419. The normalized spacial score (nSPS) is 28.0. The van der Waals surface area contributed by atoms with Gasteiger partial charge in [0.25, 0.3) is 0 Å². The lowest BCUT2D eigenvalue weighted by atomic mass is 9.91. The molecule has 100 valence electrons. The van der Waals surface area contributed by atoms with Gasteiger partial charge in [0.05, 0.1) is 0 Å². The molecule has 5 nitrogen and oxygen atoms in total. The summed E-state index contributed by atoms with van der Waals surface area (Å²) in [6, 6.07) is 0. The van der Waals surface area contributed by atoms with Crippen LogP contribution in [0.1, 0.15) is 26.2 Å². The summed E-state index contributed by atoms with van der Waals surface area (Å²) in [4.78, 5) is 11.0. The zero-order chi connectivity index (χ0) is 13.5. The Morgan fingerprint density at radius 3 is 2.29 bits per heavy atom. The minimum Gasteiger partial charge on any atom is -0.480 e. The van der Waals surface area contributed by atoms with Gasteiger partial charge in [-0.2, -0.15) is 17.5 Å². The maximum atomic E-state index is 12.4. The number of rotatable bonds is 2. The summed E-state index contributed by atoms with van der Waals surface area (Å²) >= 11 is 0. The van der Waals surface area contributed by atoms with Crippen LogP contribution in [0.5, 0.6) is 0 Å². The number of nitrogens with zero attached hydrogens (tertiary/aromatic N) is 1. The van der Waals surface area contributed by atoms with E-state index in [0.29, 0.717) is 6.42 Å². The number of halogens is 3. The highest BCUT2D eigenvalue weighted by Crippen LogP contribution is 2.37. The molecule has 1 atom stereocenters. The van der Waals surface area contributed by atoms with Crippen LogP contribution < -0.4 is 0 Å². The van der Waals surface area contributed by atoms with Crippen molar-refractivity contribution in [1.29, 1.82) is 0 Å². The van der Waals surface area contributed by atoms with Gasteiger partial charge in [-0.05, 0) is 26.2 Å². The fraction of sp³-hybridized carbons (Fsp3) is 0.875. The molecule has 9 heteroatoms. The van der Waals surface area contributed by atoms with Crippen molar-refractivity contribution in [2.45, 2.75) is 37.2 Å². The van der Waals surface area contributed by atoms with E-state index in [1.54, 1.807) is 0 Å². The molecule has 1 unspecified atom stereocenters. The Labute approximate surface area is 96.3 Å². The van der Waals surface area contributed by atoms with Gasteiger partial charge in [-0.25, -0.2) is 8.42 Å². The molecule has 1 N–H and O–H groups in total. The Hall–Kier alpha value is -0.830. The predicted molar refractivity (Wildman–Crippen MR) is 51.6 cm³/mol. The van der Waals surface area contributed by atoms with Crippen LogP contribution >= 0.6 is 0 Å². The monoisotopic (exact) mass is 275 g/mol. The van der Waals surface area contributed by atoms with E-state index in [4.69, 9.17) is 5.11 Å². The first-order chi connectivity index (χ1) is 7.53. The van der Waals surface area contributed by atoms with Gasteiger partial charge in [-0.3, -0.25) is 4.79 Å². The lowest BCUT2D eigenvalue weighted by molar-refractivity contribution is -0.149. The molecule has 0 spiro atoms. The molecule has 0 amide bonds. The lowest BCUT2D eigenvalue weighted by Crippen LogP contribution is -2.59. The molecule has 1 rings (SSSR count). The highest BCUT2D eigenvalue weighted by atomic mass is 32.2. The summed E-state index contributed by atoms with van der Waals surface area (Å²) in [6.45, 7) is 0.572. The van der Waals surface area contributed by atoms with Crippen molar-refractivity contribution < 1.29 is 31.5 Å². The minimum atomic E-state index is -5.60. The van der Waals surface area contributed by atoms with Crippen molar-refractivity contribution in [1.82, 2.24) is 4.31 Å². The highest BCUT2D eigenvalue weighted by Gasteiger charge is 2.57. The highest BCUT2D eigenvalue weighted by molar-refractivity contribution is 7.90. The number of piperidine rings is 1. The van der Waals surface area contributed by atoms with Crippen LogP contribution in [0, 0.1) is 0 Å². The van der Waals surface area contributed by atoms with Gasteiger partial charge in [0.1, 0.15) is 5.54 Å². The van der Waals surface area contributed by atoms with Crippen LogP contribution in [-0.4, -0.2) is 41.4 Å². The van der Waals surface area contributed by atoms with Crippen molar-refractivity contribution in [3.63, 3.8) is 0 Å². The van der Waals surface area contributed by atoms with Crippen LogP contribution in [0.15, 0.2) is 0 Å². The summed E-state index contributed by atoms with van der Waals surface area (Å²) in [6.07, 6.45) is 0.475. The number of alkyl halides is 3. The van der Waals surface area contributed by atoms with E-state index < -0.39 is 33.6 Å². The number of carboxylic acids is 1. The number of hydrogen-bond acceptors (Lipinski definition) is 3. The largest absolute Gasteiger partial charge is 0.511 e. The fourth-order valence-corrected chi connectivity index (χ4v) is 3.14. The van der Waals surface area contributed by atoms with E-state index in [0.717, 1.165) is 6.92 Å². The summed E-state index contributed by atoms with van der Waals surface area (Å²) in [5.41, 5.74) is -7.49. The molecule has 0 aliphatic carbocycles. The van der Waals surface area contributed by atoms with Gasteiger partial charge in [0.15, 0.2) is 0 Å². The molecule has 1 aliphatic rings. The summed E-state index contributed by atoms with van der Waals surface area (Å²) in [5.74, 6) is -1.56. The molecule has 1 saturated heterocycles. The molecule has 0 aromatic carbocycles. The van der Waals surface area contributed by atoms with Crippen molar-refractivity contribution >= 4 is 16.0 Å². The van der Waals surface area contributed by atoms with Crippen LogP contribution in [0.2, 0.25) is 0 Å². The van der Waals surface area contributed by atoms with Gasteiger partial charge in [-0.15, -0.1) is 0 Å². The second-order valence-electron chi connectivity index (χ2n) is 4.06. The Balaban J connectivity index is 3.23. The average molecular weight is 275 g/mol. The maximum absolute atomic E-state index is 12.4. The van der Waals surface area contributed by atoms with Gasteiger partial charge in [0, 0.05) is 6.54 Å². The van der Waals surface area contributed by atoms with Crippen LogP contribution in [-0.2, 0) is 14.8 Å². The zero-order valence-electron chi connectivity index (χ0n) is 8.99. The third-order valence-corrected chi connectivity index (χ3v) is 4.62. The topological polar surface area (TPSA) is 74.7 Å². The zero-order valence-corrected chi connectivity index (χ0v) is 9.81. The van der Waals surface area contributed by atoms with Crippen LogP contribution in [0.25, 0.3) is 0 Å². The third kappa shape index (κ3) is 2.25. The summed E-state index contributed by atoms with van der Waals surface area (Å²) in [5, 5.41) is 8.92. The van der Waals surface area contributed by atoms with E-state index in [-0.39, 0.29) is 17.1 Å². The first-order valence-electron chi connectivity index (χ1n) is 4.86. The van der Waals surface area contributed by atoms with Crippen molar-refractivity contribution in [3.05, 3.63) is 0 Å². The molecular formula is C8H12F3NO4S. The fourth-order valence-electron chi connectivity index (χ4n) is 1.82. The summed E-state index contributed by atoms with van der Waals surface area (Å²) in [7, 11) is -5.60. The van der Waals surface area contributed by atoms with Gasteiger partial charge in [-0.1, -0.05) is 0 Å². The number of aliphatic carboxylic acids is 1. The Morgan fingerprint density at radius 1 is 1.35 bits per heavy atom. The number of carboxylic acid groups (broad SMARTS) is 1. The van der Waals surface area contributed by atoms with E-state index in [2.05, 4.69) is 0 Å². The number of hydrogen-bond donors (Lipinski definition) is 1. The summed E-state index contributed by atoms with van der Waals surface area (Å²) < 4.78 is 59.8. The number of sulfonamides is 1. The molecule has 0 aromatic rings. The first-order valence-corrected chi connectivity index (χ1v) is 6.30. The van der Waals surface area contributed by atoms with Gasteiger partial charge >= 0.3 is 21.5 Å². The van der Waals surface area contributed by atoms with Crippen molar-refractivity contribution in [2.24, 2.45) is 0 Å². The maximum Gasteiger partial charge on any atom is 0.511 e. The predicted octanol–water partition coefficient (Wildman–Crippen LogP) is 1.17. The second kappa shape index (κ2) is 4.13. The molecule has 1 fully saturated rings. The molecule has 0 saturated carbocycles. The lowest BCUT2D eigenvalue weighted by Gasteiger charge is -2.40. The SMILES string of the molecule is CC1(C(=O)O)CCCCN1S(=O)(=O)C(F)(F)F. The third-order valence-electron chi connectivity index (χ3n) is 2.87. The molecule has 0 aromatic heterocycles. The second-order valence-corrected chi connectivity index (χ2v) is 5.91. The van der Waals surface area contributed by atoms with Crippen LogP contribution in [0.4, 0.5) is 13.2 Å². The molecule has 0 radical (unpaired) electrons. The Kier molecular flexibility index (Phi) is 3.45. The average Bonchev–Trinajstić information content (AvgIpc) is 2.16. The van der Waals surface area contributed by atoms with E-state index in [9.17, 15) is 26.4 Å². The number of carbonyl (C=O) groups is 1. The molecule has 17 heavy (non-hydrogen) atoms. The molecule has 1 aliphatic heterocycles. The molecule has 1 heterocycles. The smallest absolute Gasteiger partial charge is 0.480 e. The van der Waals surface area contributed by atoms with Crippen LogP contribution in [0.3, 0.4) is 0 Å². The van der Waals surface area contributed by atoms with E-state index in [1.807, 2.05) is 0 Å². The molecular weight excluding hydrogens is 263 g/mol. The standard InChI is InChI=1S/C8H12F3NO4S/c1-7(6(13)14)4-2-3-5-12(7)17(15,16)8(9,10)11/h2-5H2,1H3,(H,13,14). The first kappa shape index (κ1) is 14.2. The molecule has 0 bridgehead atoms.